The number of nitrogens with zero attached hydrogens (tertiary/aromatic N) is 1. The standard InChI is InChI=1S/C21H27ClN2O4S/c1-13-7-8-14(2)18(11-13)15(3)23-21(25)16(4)24(29(6,26)27)17-9-10-20(28-5)19(22)12-17/h7-12,15-16H,1-6H3,(H,23,25)/t15-,16-/m1/s1. The van der Waals surface area contributed by atoms with Gasteiger partial charge in [-0.3, -0.25) is 9.10 Å². The minimum atomic E-state index is -3.74. The quantitative estimate of drug-likeness (QED) is 0.708. The van der Waals surface area contributed by atoms with Crippen LogP contribution in [0.15, 0.2) is 36.4 Å². The molecule has 0 saturated heterocycles. The molecule has 0 radical (unpaired) electrons. The molecule has 1 amide bonds. The van der Waals surface area contributed by atoms with E-state index >= 15 is 0 Å². The number of hydrogen-bond acceptors (Lipinski definition) is 4. The number of methoxy groups -OCH3 is 1. The van der Waals surface area contributed by atoms with Crippen molar-refractivity contribution in [1.82, 2.24) is 5.32 Å². The number of aryl methyl sites for hydroxylation is 2. The third-order valence-electron chi connectivity index (χ3n) is 4.74. The predicted octanol–water partition coefficient (Wildman–Crippen LogP) is 4.00. The molecule has 0 aliphatic heterocycles. The van der Waals surface area contributed by atoms with Crippen molar-refractivity contribution >= 4 is 33.2 Å². The molecule has 6 nitrogen and oxygen atoms in total. The zero-order valence-electron chi connectivity index (χ0n) is 17.5. The molecule has 158 valence electrons. The van der Waals surface area contributed by atoms with Gasteiger partial charge in [-0.15, -0.1) is 0 Å². The fraction of sp³-hybridized carbons (Fsp3) is 0.381. The van der Waals surface area contributed by atoms with Gasteiger partial charge >= 0.3 is 0 Å². The molecular formula is C21H27ClN2O4S. The summed E-state index contributed by atoms with van der Waals surface area (Å²) in [6.45, 7) is 7.38. The van der Waals surface area contributed by atoms with Crippen molar-refractivity contribution in [1.29, 1.82) is 0 Å². The van der Waals surface area contributed by atoms with Gasteiger partial charge in [-0.2, -0.15) is 0 Å². The highest BCUT2D eigenvalue weighted by Gasteiger charge is 2.30. The van der Waals surface area contributed by atoms with E-state index in [2.05, 4.69) is 5.32 Å². The fourth-order valence-electron chi connectivity index (χ4n) is 3.24. The Morgan fingerprint density at radius 1 is 1.14 bits per heavy atom. The first-order chi connectivity index (χ1) is 13.5. The molecule has 0 spiro atoms. The lowest BCUT2D eigenvalue weighted by Gasteiger charge is -2.30. The van der Waals surface area contributed by atoms with Gasteiger partial charge in [-0.05, 0) is 57.0 Å². The lowest BCUT2D eigenvalue weighted by Crippen LogP contribution is -2.48. The lowest BCUT2D eigenvalue weighted by atomic mass is 10.00. The Kier molecular flexibility index (Phi) is 7.19. The number of amides is 1. The second-order valence-corrected chi connectivity index (χ2v) is 9.41. The van der Waals surface area contributed by atoms with E-state index in [4.69, 9.17) is 16.3 Å². The maximum absolute atomic E-state index is 12.9. The highest BCUT2D eigenvalue weighted by Crippen LogP contribution is 2.31. The van der Waals surface area contributed by atoms with Crippen LogP contribution >= 0.6 is 11.6 Å². The number of rotatable bonds is 7. The maximum atomic E-state index is 12.9. The smallest absolute Gasteiger partial charge is 0.244 e. The summed E-state index contributed by atoms with van der Waals surface area (Å²) >= 11 is 6.16. The summed E-state index contributed by atoms with van der Waals surface area (Å²) in [7, 11) is -2.27. The summed E-state index contributed by atoms with van der Waals surface area (Å²) in [4.78, 5) is 12.9. The number of halogens is 1. The molecule has 0 bridgehead atoms. The Balaban J connectivity index is 2.32. The van der Waals surface area contributed by atoms with E-state index in [1.807, 2.05) is 39.0 Å². The van der Waals surface area contributed by atoms with Crippen molar-refractivity contribution in [3.8, 4) is 5.75 Å². The van der Waals surface area contributed by atoms with Crippen molar-refractivity contribution in [3.05, 3.63) is 58.1 Å². The van der Waals surface area contributed by atoms with Crippen molar-refractivity contribution < 1.29 is 17.9 Å². The fourth-order valence-corrected chi connectivity index (χ4v) is 4.66. The summed E-state index contributed by atoms with van der Waals surface area (Å²) in [5.74, 6) is 0.0142. The van der Waals surface area contributed by atoms with Crippen LogP contribution in [0, 0.1) is 13.8 Å². The van der Waals surface area contributed by atoms with Gasteiger partial charge < -0.3 is 10.1 Å². The molecular weight excluding hydrogens is 412 g/mol. The van der Waals surface area contributed by atoms with Crippen LogP contribution in [0.4, 0.5) is 5.69 Å². The van der Waals surface area contributed by atoms with Gasteiger partial charge in [0.1, 0.15) is 11.8 Å². The van der Waals surface area contributed by atoms with E-state index in [0.29, 0.717) is 11.4 Å². The van der Waals surface area contributed by atoms with Crippen LogP contribution in [0.1, 0.15) is 36.6 Å². The monoisotopic (exact) mass is 438 g/mol. The Morgan fingerprint density at radius 2 is 1.79 bits per heavy atom. The summed E-state index contributed by atoms with van der Waals surface area (Å²) < 4.78 is 31.1. The molecule has 0 aromatic heterocycles. The third kappa shape index (κ3) is 5.42. The van der Waals surface area contributed by atoms with Crippen LogP contribution in [-0.4, -0.2) is 33.7 Å². The number of benzene rings is 2. The summed E-state index contributed by atoms with van der Waals surface area (Å²) in [5, 5.41) is 3.18. The highest BCUT2D eigenvalue weighted by molar-refractivity contribution is 7.92. The molecule has 2 aromatic carbocycles. The first kappa shape index (κ1) is 23.0. The van der Waals surface area contributed by atoms with E-state index in [9.17, 15) is 13.2 Å². The van der Waals surface area contributed by atoms with Crippen LogP contribution in [0.3, 0.4) is 0 Å². The molecule has 0 fully saturated rings. The van der Waals surface area contributed by atoms with E-state index in [-0.39, 0.29) is 11.1 Å². The first-order valence-electron chi connectivity index (χ1n) is 9.16. The topological polar surface area (TPSA) is 75.7 Å². The van der Waals surface area contributed by atoms with E-state index < -0.39 is 22.0 Å². The van der Waals surface area contributed by atoms with Crippen LogP contribution in [0.2, 0.25) is 5.02 Å². The van der Waals surface area contributed by atoms with Crippen LogP contribution in [0.25, 0.3) is 0 Å². The SMILES string of the molecule is COc1ccc(N([C@H](C)C(=O)N[C@H](C)c2cc(C)ccc2C)S(C)(=O)=O)cc1Cl. The molecule has 0 aliphatic rings. The minimum Gasteiger partial charge on any atom is -0.495 e. The Hall–Kier alpha value is -2.25. The minimum absolute atomic E-state index is 0.259. The Bertz CT molecular complexity index is 1010. The lowest BCUT2D eigenvalue weighted by molar-refractivity contribution is -0.122. The average Bonchev–Trinajstić information content (AvgIpc) is 2.62. The molecule has 29 heavy (non-hydrogen) atoms. The number of sulfonamides is 1. The number of hydrogen-bond donors (Lipinski definition) is 1. The van der Waals surface area contributed by atoms with Crippen molar-refractivity contribution in [2.75, 3.05) is 17.7 Å². The van der Waals surface area contributed by atoms with Crippen LogP contribution in [-0.2, 0) is 14.8 Å². The van der Waals surface area contributed by atoms with Gasteiger partial charge in [-0.25, -0.2) is 8.42 Å². The molecule has 1 N–H and O–H groups in total. The Morgan fingerprint density at radius 3 is 2.34 bits per heavy atom. The zero-order chi connectivity index (χ0) is 21.9. The number of carbonyl (C=O) groups is 1. The molecule has 2 atom stereocenters. The van der Waals surface area contributed by atoms with Gasteiger partial charge in [0.15, 0.2) is 0 Å². The largest absolute Gasteiger partial charge is 0.495 e. The van der Waals surface area contributed by atoms with E-state index in [1.165, 1.54) is 13.2 Å². The number of ether oxygens (including phenoxy) is 1. The molecule has 0 heterocycles. The predicted molar refractivity (Wildman–Crippen MR) is 117 cm³/mol. The van der Waals surface area contributed by atoms with Gasteiger partial charge in [0, 0.05) is 0 Å². The summed E-state index contributed by atoms with van der Waals surface area (Å²) in [6, 6.07) is 9.38. The summed E-state index contributed by atoms with van der Waals surface area (Å²) in [6.07, 6.45) is 1.06. The van der Waals surface area contributed by atoms with Crippen molar-refractivity contribution in [2.45, 2.75) is 39.8 Å². The van der Waals surface area contributed by atoms with E-state index in [0.717, 1.165) is 27.3 Å². The Labute approximate surface area is 177 Å². The zero-order valence-corrected chi connectivity index (χ0v) is 19.1. The van der Waals surface area contributed by atoms with Crippen LogP contribution < -0.4 is 14.4 Å². The second kappa shape index (κ2) is 9.05. The summed E-state index contributed by atoms with van der Waals surface area (Å²) in [5.41, 5.74) is 3.42. The first-order valence-corrected chi connectivity index (χ1v) is 11.4. The van der Waals surface area contributed by atoms with Crippen molar-refractivity contribution in [3.63, 3.8) is 0 Å². The van der Waals surface area contributed by atoms with Gasteiger partial charge in [0.2, 0.25) is 15.9 Å². The second-order valence-electron chi connectivity index (χ2n) is 7.14. The molecule has 2 aromatic rings. The third-order valence-corrected chi connectivity index (χ3v) is 6.28. The van der Waals surface area contributed by atoms with Gasteiger partial charge in [0.05, 0.1) is 30.1 Å². The molecule has 0 aliphatic carbocycles. The molecule has 8 heteroatoms. The normalized spacial score (nSPS) is 13.5. The molecule has 2 rings (SSSR count). The van der Waals surface area contributed by atoms with Gasteiger partial charge in [-0.1, -0.05) is 35.4 Å². The van der Waals surface area contributed by atoms with Gasteiger partial charge in [0.25, 0.3) is 0 Å². The number of nitrogens with one attached hydrogen (secondary N) is 1. The average molecular weight is 439 g/mol. The highest BCUT2D eigenvalue weighted by atomic mass is 35.5. The molecule has 0 unspecified atom stereocenters. The molecule has 0 saturated carbocycles. The van der Waals surface area contributed by atoms with E-state index in [1.54, 1.807) is 19.1 Å². The van der Waals surface area contributed by atoms with Crippen molar-refractivity contribution in [2.24, 2.45) is 0 Å². The number of carbonyl (C=O) groups excluding carboxylic acids is 1. The van der Waals surface area contributed by atoms with Crippen LogP contribution in [0.5, 0.6) is 5.75 Å². The maximum Gasteiger partial charge on any atom is 0.244 e. The number of anilines is 1.